The molecule has 1 amide bonds. The molecule has 2 N–H and O–H groups in total. The fraction of sp³-hybridized carbons (Fsp3) is 0.240. The molecule has 0 saturated heterocycles. The number of H-pyrrole nitrogens is 1. The number of aromatic amines is 1. The van der Waals surface area contributed by atoms with Gasteiger partial charge in [0, 0.05) is 55.1 Å². The topological polar surface area (TPSA) is 113 Å². The normalized spacial score (nSPS) is 13.5. The standard InChI is InChI=1S/C25H23FN8O2/c1-3-27-24(35)19-7-5-17(8-28-19)34-12-16-11-32(13-20(16)31-34)10-15-4-6-18-22(21(15)26)30-25(36)33-9-14(2)29-23(18)33/h4-9,12H,3,10-11,13H2,1-2H3,(H,27,35)(H,30,36). The zero-order valence-electron chi connectivity index (χ0n) is 19.7. The molecule has 5 heterocycles. The maximum Gasteiger partial charge on any atom is 0.331 e. The lowest BCUT2D eigenvalue weighted by atomic mass is 10.1. The van der Waals surface area contributed by atoms with Crippen molar-refractivity contribution in [3.63, 3.8) is 0 Å². The lowest BCUT2D eigenvalue weighted by Gasteiger charge is -2.16. The van der Waals surface area contributed by atoms with Crippen LogP contribution in [0.25, 0.3) is 22.2 Å². The Balaban J connectivity index is 1.21. The molecule has 1 aliphatic heterocycles. The largest absolute Gasteiger partial charge is 0.351 e. The Kier molecular flexibility index (Phi) is 5.15. The SMILES string of the molecule is CCNC(=O)c1ccc(-n2cc3c(n2)CN(Cc2ccc4c([nH]c(=O)n5cc(C)nc45)c2F)C3)cn1. The third kappa shape index (κ3) is 3.64. The molecule has 10 nitrogen and oxygen atoms in total. The first kappa shape index (κ1) is 22.1. The molecule has 6 rings (SSSR count). The van der Waals surface area contributed by atoms with Crippen molar-refractivity contribution in [3.8, 4) is 5.69 Å². The third-order valence-electron chi connectivity index (χ3n) is 6.36. The van der Waals surface area contributed by atoms with Crippen molar-refractivity contribution in [1.82, 2.24) is 39.3 Å². The van der Waals surface area contributed by atoms with E-state index in [1.165, 1.54) is 4.40 Å². The average Bonchev–Trinajstić information content (AvgIpc) is 3.55. The van der Waals surface area contributed by atoms with Crippen molar-refractivity contribution >= 4 is 22.5 Å². The van der Waals surface area contributed by atoms with Gasteiger partial charge in [-0.15, -0.1) is 0 Å². The molecule has 1 aliphatic rings. The van der Waals surface area contributed by atoms with Gasteiger partial charge in [0.05, 0.1) is 28.8 Å². The van der Waals surface area contributed by atoms with E-state index in [0.29, 0.717) is 54.2 Å². The van der Waals surface area contributed by atoms with E-state index in [4.69, 9.17) is 0 Å². The Bertz CT molecular complexity index is 1680. The lowest BCUT2D eigenvalue weighted by Crippen LogP contribution is -2.23. The van der Waals surface area contributed by atoms with Gasteiger partial charge in [0.15, 0.2) is 11.5 Å². The highest BCUT2D eigenvalue weighted by molar-refractivity contribution is 5.92. The Morgan fingerprint density at radius 2 is 2.06 bits per heavy atom. The van der Waals surface area contributed by atoms with Gasteiger partial charge in [0.25, 0.3) is 5.91 Å². The molecule has 36 heavy (non-hydrogen) atoms. The molecule has 0 saturated carbocycles. The van der Waals surface area contributed by atoms with E-state index in [2.05, 4.69) is 30.3 Å². The fourth-order valence-electron chi connectivity index (χ4n) is 4.67. The van der Waals surface area contributed by atoms with Crippen molar-refractivity contribution in [2.24, 2.45) is 0 Å². The predicted molar refractivity (Wildman–Crippen MR) is 130 cm³/mol. The minimum atomic E-state index is -0.444. The Hall–Kier alpha value is -4.38. The number of pyridine rings is 1. The molecule has 0 atom stereocenters. The smallest absolute Gasteiger partial charge is 0.331 e. The summed E-state index contributed by atoms with van der Waals surface area (Å²) in [5.41, 5.74) is 4.45. The highest BCUT2D eigenvalue weighted by Crippen LogP contribution is 2.27. The summed E-state index contributed by atoms with van der Waals surface area (Å²) in [5.74, 6) is -0.655. The zero-order valence-corrected chi connectivity index (χ0v) is 19.7. The second kappa shape index (κ2) is 8.38. The van der Waals surface area contributed by atoms with Gasteiger partial charge in [-0.25, -0.2) is 23.8 Å². The number of rotatable bonds is 5. The van der Waals surface area contributed by atoms with E-state index in [-0.39, 0.29) is 11.4 Å². The number of imidazole rings is 1. The first-order valence-corrected chi connectivity index (χ1v) is 11.6. The summed E-state index contributed by atoms with van der Waals surface area (Å²) >= 11 is 0. The Labute approximate surface area is 204 Å². The van der Waals surface area contributed by atoms with Gasteiger partial charge in [-0.3, -0.25) is 14.1 Å². The second-order valence-corrected chi connectivity index (χ2v) is 8.92. The van der Waals surface area contributed by atoms with E-state index in [9.17, 15) is 9.59 Å². The van der Waals surface area contributed by atoms with E-state index >= 15 is 4.39 Å². The van der Waals surface area contributed by atoms with Crippen LogP contribution >= 0.6 is 0 Å². The molecule has 4 aromatic heterocycles. The number of halogens is 1. The van der Waals surface area contributed by atoms with Crippen LogP contribution in [0.1, 0.15) is 39.9 Å². The molecule has 0 unspecified atom stereocenters. The van der Waals surface area contributed by atoms with Crippen LogP contribution in [0.3, 0.4) is 0 Å². The molecule has 182 valence electrons. The first-order chi connectivity index (χ1) is 17.4. The number of amides is 1. The van der Waals surface area contributed by atoms with E-state index in [1.807, 2.05) is 13.1 Å². The van der Waals surface area contributed by atoms with Crippen molar-refractivity contribution in [2.45, 2.75) is 33.5 Å². The summed E-state index contributed by atoms with van der Waals surface area (Å²) in [6.45, 7) is 5.76. The minimum absolute atomic E-state index is 0.168. The first-order valence-electron chi connectivity index (χ1n) is 11.6. The number of fused-ring (bicyclic) bond motifs is 4. The number of carbonyl (C=O) groups is 1. The van der Waals surface area contributed by atoms with Crippen molar-refractivity contribution in [1.29, 1.82) is 0 Å². The molecule has 0 aliphatic carbocycles. The number of nitrogens with one attached hydrogen (secondary N) is 2. The Morgan fingerprint density at radius 1 is 1.19 bits per heavy atom. The summed E-state index contributed by atoms with van der Waals surface area (Å²) in [6, 6.07) is 7.03. The fourth-order valence-corrected chi connectivity index (χ4v) is 4.67. The van der Waals surface area contributed by atoms with Gasteiger partial charge < -0.3 is 10.3 Å². The van der Waals surface area contributed by atoms with Gasteiger partial charge in [0.1, 0.15) is 5.69 Å². The number of nitrogens with zero attached hydrogens (tertiary/aromatic N) is 6. The van der Waals surface area contributed by atoms with Gasteiger partial charge in [-0.05, 0) is 32.0 Å². The molecule has 1 aromatic carbocycles. The average molecular weight is 487 g/mol. The van der Waals surface area contributed by atoms with Crippen molar-refractivity contribution < 1.29 is 9.18 Å². The van der Waals surface area contributed by atoms with Crippen LogP contribution in [0.15, 0.2) is 47.7 Å². The van der Waals surface area contributed by atoms with Crippen LogP contribution in [0.2, 0.25) is 0 Å². The third-order valence-corrected chi connectivity index (χ3v) is 6.36. The van der Waals surface area contributed by atoms with Crippen LogP contribution in [0, 0.1) is 12.7 Å². The second-order valence-electron chi connectivity index (χ2n) is 8.92. The maximum absolute atomic E-state index is 15.4. The summed E-state index contributed by atoms with van der Waals surface area (Å²) in [5, 5.41) is 7.96. The highest BCUT2D eigenvalue weighted by atomic mass is 19.1. The molecule has 0 fully saturated rings. The van der Waals surface area contributed by atoms with E-state index in [1.54, 1.807) is 48.3 Å². The zero-order chi connectivity index (χ0) is 25.0. The molecule has 5 aromatic rings. The van der Waals surface area contributed by atoms with Crippen LogP contribution in [0.4, 0.5) is 4.39 Å². The summed E-state index contributed by atoms with van der Waals surface area (Å²) in [7, 11) is 0. The molecule has 11 heteroatoms. The quantitative estimate of drug-likeness (QED) is 0.395. The van der Waals surface area contributed by atoms with Crippen LogP contribution in [0.5, 0.6) is 0 Å². The van der Waals surface area contributed by atoms with Gasteiger partial charge in [-0.1, -0.05) is 6.07 Å². The minimum Gasteiger partial charge on any atom is -0.351 e. The van der Waals surface area contributed by atoms with Gasteiger partial charge in [-0.2, -0.15) is 5.10 Å². The number of aryl methyl sites for hydroxylation is 1. The van der Waals surface area contributed by atoms with E-state index < -0.39 is 11.5 Å². The number of hydrogen-bond acceptors (Lipinski definition) is 6. The van der Waals surface area contributed by atoms with Gasteiger partial charge in [0.2, 0.25) is 0 Å². The Morgan fingerprint density at radius 3 is 2.81 bits per heavy atom. The molecule has 0 bridgehead atoms. The summed E-state index contributed by atoms with van der Waals surface area (Å²) in [6.07, 6.45) is 5.19. The van der Waals surface area contributed by atoms with Crippen molar-refractivity contribution in [3.05, 3.63) is 87.4 Å². The van der Waals surface area contributed by atoms with Crippen LogP contribution in [-0.4, -0.2) is 46.5 Å². The van der Waals surface area contributed by atoms with Crippen LogP contribution < -0.4 is 11.0 Å². The molecular formula is C25H23FN8O2. The number of carbonyl (C=O) groups excluding carboxylic acids is 1. The monoisotopic (exact) mass is 486 g/mol. The van der Waals surface area contributed by atoms with Crippen LogP contribution in [-0.2, 0) is 19.6 Å². The number of hydrogen-bond donors (Lipinski definition) is 2. The van der Waals surface area contributed by atoms with Gasteiger partial charge >= 0.3 is 5.69 Å². The summed E-state index contributed by atoms with van der Waals surface area (Å²) in [4.78, 5) is 37.7. The van der Waals surface area contributed by atoms with Crippen molar-refractivity contribution in [2.75, 3.05) is 6.54 Å². The molecular weight excluding hydrogens is 463 g/mol. The highest BCUT2D eigenvalue weighted by Gasteiger charge is 2.25. The predicted octanol–water partition coefficient (Wildman–Crippen LogP) is 2.47. The molecule has 0 radical (unpaired) electrons. The van der Waals surface area contributed by atoms with E-state index in [0.717, 1.165) is 16.9 Å². The molecule has 0 spiro atoms. The lowest BCUT2D eigenvalue weighted by molar-refractivity contribution is 0.0951. The number of aromatic nitrogens is 6. The maximum atomic E-state index is 15.4. The number of benzene rings is 1. The summed E-state index contributed by atoms with van der Waals surface area (Å²) < 4.78 is 18.6.